The van der Waals surface area contributed by atoms with Gasteiger partial charge in [0.1, 0.15) is 11.5 Å². The summed E-state index contributed by atoms with van der Waals surface area (Å²) in [4.78, 5) is 15.8. The molecule has 0 spiro atoms. The maximum absolute atomic E-state index is 13.4. The van der Waals surface area contributed by atoms with E-state index >= 15 is 0 Å². The first-order chi connectivity index (χ1) is 17.5. The number of likely N-dealkylation sites (tertiary alicyclic amines) is 1. The van der Waals surface area contributed by atoms with Crippen molar-refractivity contribution >= 4 is 17.7 Å². The second-order valence-corrected chi connectivity index (χ2v) is 13.7. The number of hydrogen-bond donors (Lipinski definition) is 6. The Morgan fingerprint density at radius 1 is 0.972 bits per heavy atom. The predicted molar refractivity (Wildman–Crippen MR) is 149 cm³/mol. The van der Waals surface area contributed by atoms with Gasteiger partial charge in [-0.1, -0.05) is 6.92 Å². The summed E-state index contributed by atoms with van der Waals surface area (Å²) in [6.07, 6.45) is 9.72. The standard InChI is InChI=1S/C27H51N7OS/c1-17-6-7-21(15-23(17)33-27-29-12-8-22(32-27)20-5-4-11-28-16-20)31-25(35)24-18(2)30-26(36-24)19-9-13-34(3)14-10-19/h17-24,26-30,32-33H,4-16H2,1-3H3,(H,31,35). The maximum atomic E-state index is 13.4. The molecular formula is C27H51N7OS. The highest BCUT2D eigenvalue weighted by Gasteiger charge is 2.41. The molecule has 206 valence electrons. The van der Waals surface area contributed by atoms with Gasteiger partial charge in [0.25, 0.3) is 0 Å². The van der Waals surface area contributed by atoms with E-state index in [1.165, 1.54) is 51.7 Å². The van der Waals surface area contributed by atoms with Crippen molar-refractivity contribution in [3.8, 4) is 0 Å². The van der Waals surface area contributed by atoms with E-state index < -0.39 is 0 Å². The summed E-state index contributed by atoms with van der Waals surface area (Å²) in [5.41, 5.74) is 0. The lowest BCUT2D eigenvalue weighted by Gasteiger charge is -2.42. The topological polar surface area (TPSA) is 92.5 Å². The molecule has 0 aromatic heterocycles. The van der Waals surface area contributed by atoms with Gasteiger partial charge < -0.3 is 20.9 Å². The van der Waals surface area contributed by atoms with Crippen LogP contribution in [0, 0.1) is 17.8 Å². The van der Waals surface area contributed by atoms with Gasteiger partial charge in [-0.3, -0.25) is 20.7 Å². The number of nitrogens with zero attached hydrogens (tertiary/aromatic N) is 1. The van der Waals surface area contributed by atoms with E-state index in [2.05, 4.69) is 57.7 Å². The molecule has 4 saturated heterocycles. The van der Waals surface area contributed by atoms with Crippen molar-refractivity contribution in [2.45, 2.75) is 106 Å². The van der Waals surface area contributed by atoms with E-state index in [0.717, 1.165) is 38.3 Å². The van der Waals surface area contributed by atoms with Crippen molar-refractivity contribution in [3.63, 3.8) is 0 Å². The molecule has 5 fully saturated rings. The van der Waals surface area contributed by atoms with E-state index in [-0.39, 0.29) is 29.5 Å². The van der Waals surface area contributed by atoms with E-state index in [4.69, 9.17) is 0 Å². The lowest BCUT2D eigenvalue weighted by molar-refractivity contribution is -0.121. The van der Waals surface area contributed by atoms with Gasteiger partial charge >= 0.3 is 0 Å². The maximum Gasteiger partial charge on any atom is 0.234 e. The lowest BCUT2D eigenvalue weighted by Crippen LogP contribution is -2.66. The molecule has 1 aliphatic carbocycles. The molecule has 0 radical (unpaired) electrons. The Balaban J connectivity index is 1.10. The van der Waals surface area contributed by atoms with Crippen LogP contribution in [0.5, 0.6) is 0 Å². The molecule has 9 heteroatoms. The lowest BCUT2D eigenvalue weighted by atomic mass is 9.82. The first-order valence-electron chi connectivity index (χ1n) is 14.8. The molecule has 4 heterocycles. The largest absolute Gasteiger partial charge is 0.352 e. The Morgan fingerprint density at radius 3 is 2.58 bits per heavy atom. The van der Waals surface area contributed by atoms with Crippen LogP contribution in [0.2, 0.25) is 0 Å². The summed E-state index contributed by atoms with van der Waals surface area (Å²) in [6.45, 7) is 10.3. The SMILES string of the molecule is CC1CCC(NC(=O)C2SC(C3CCN(C)CC3)NC2C)CC1NC1NCCC(C2CCCNC2)N1. The van der Waals surface area contributed by atoms with Gasteiger partial charge in [-0.15, -0.1) is 11.8 Å². The van der Waals surface area contributed by atoms with Crippen molar-refractivity contribution in [1.82, 2.24) is 36.8 Å². The summed E-state index contributed by atoms with van der Waals surface area (Å²) >= 11 is 1.88. The van der Waals surface area contributed by atoms with E-state index in [1.807, 2.05) is 11.8 Å². The Bertz CT molecular complexity index is 714. The molecule has 0 aromatic rings. The molecule has 9 atom stereocenters. The number of carbonyl (C=O) groups is 1. The summed E-state index contributed by atoms with van der Waals surface area (Å²) in [6, 6.07) is 1.49. The molecule has 9 unspecified atom stereocenters. The van der Waals surface area contributed by atoms with Crippen molar-refractivity contribution in [2.75, 3.05) is 39.8 Å². The van der Waals surface area contributed by atoms with Crippen molar-refractivity contribution in [1.29, 1.82) is 0 Å². The minimum Gasteiger partial charge on any atom is -0.352 e. The van der Waals surface area contributed by atoms with Crippen molar-refractivity contribution in [3.05, 3.63) is 0 Å². The number of rotatable bonds is 6. The van der Waals surface area contributed by atoms with Gasteiger partial charge in [0.2, 0.25) is 5.91 Å². The van der Waals surface area contributed by atoms with Crippen molar-refractivity contribution in [2.24, 2.45) is 17.8 Å². The fourth-order valence-corrected chi connectivity index (χ4v) is 8.76. The van der Waals surface area contributed by atoms with E-state index in [0.29, 0.717) is 29.3 Å². The smallest absolute Gasteiger partial charge is 0.234 e. The van der Waals surface area contributed by atoms with Gasteiger partial charge in [0, 0.05) is 24.2 Å². The summed E-state index contributed by atoms with van der Waals surface area (Å²) in [7, 11) is 2.21. The van der Waals surface area contributed by atoms with Gasteiger partial charge in [-0.2, -0.15) is 0 Å². The number of nitrogens with one attached hydrogen (secondary N) is 6. The third-order valence-electron chi connectivity index (χ3n) is 9.64. The molecule has 1 saturated carbocycles. The summed E-state index contributed by atoms with van der Waals surface area (Å²) in [5.74, 6) is 2.28. The van der Waals surface area contributed by atoms with Crippen LogP contribution in [0.25, 0.3) is 0 Å². The van der Waals surface area contributed by atoms with Crippen LogP contribution in [-0.2, 0) is 4.79 Å². The Hall–Kier alpha value is -0.420. The van der Waals surface area contributed by atoms with Crippen LogP contribution < -0.4 is 31.9 Å². The molecule has 1 amide bonds. The van der Waals surface area contributed by atoms with Crippen LogP contribution in [0.3, 0.4) is 0 Å². The number of hydrogen-bond acceptors (Lipinski definition) is 8. The molecule has 36 heavy (non-hydrogen) atoms. The van der Waals surface area contributed by atoms with Crippen LogP contribution in [0.15, 0.2) is 0 Å². The van der Waals surface area contributed by atoms with Crippen LogP contribution in [-0.4, -0.2) is 91.7 Å². The number of piperidine rings is 2. The van der Waals surface area contributed by atoms with Crippen LogP contribution >= 0.6 is 11.8 Å². The normalized spacial score (nSPS) is 43.4. The minimum atomic E-state index is 0.0203. The quantitative estimate of drug-likeness (QED) is 0.311. The van der Waals surface area contributed by atoms with Gasteiger partial charge in [0.05, 0.1) is 5.37 Å². The second kappa shape index (κ2) is 12.6. The molecule has 6 N–H and O–H groups in total. The average Bonchev–Trinajstić information content (AvgIpc) is 3.29. The number of thioether (sulfide) groups is 1. The zero-order chi connectivity index (χ0) is 25.1. The summed E-state index contributed by atoms with van der Waals surface area (Å²) in [5, 5.41) is 22.7. The van der Waals surface area contributed by atoms with Gasteiger partial charge in [0.15, 0.2) is 0 Å². The molecule has 4 aliphatic heterocycles. The second-order valence-electron chi connectivity index (χ2n) is 12.4. The molecule has 0 bridgehead atoms. The van der Waals surface area contributed by atoms with Gasteiger partial charge in [-0.05, 0) is 116 Å². The fourth-order valence-electron chi connectivity index (χ4n) is 7.15. The highest BCUT2D eigenvalue weighted by molar-refractivity contribution is 8.01. The number of amides is 1. The monoisotopic (exact) mass is 521 g/mol. The Morgan fingerprint density at radius 2 is 1.81 bits per heavy atom. The average molecular weight is 522 g/mol. The first-order valence-corrected chi connectivity index (χ1v) is 15.8. The minimum absolute atomic E-state index is 0.0203. The Kier molecular flexibility index (Phi) is 9.52. The molecular weight excluding hydrogens is 470 g/mol. The highest BCUT2D eigenvalue weighted by atomic mass is 32.2. The van der Waals surface area contributed by atoms with Gasteiger partial charge in [-0.25, -0.2) is 0 Å². The van der Waals surface area contributed by atoms with Crippen LogP contribution in [0.4, 0.5) is 0 Å². The Labute approximate surface area is 223 Å². The summed E-state index contributed by atoms with van der Waals surface area (Å²) < 4.78 is 0. The predicted octanol–water partition coefficient (Wildman–Crippen LogP) is 1.25. The van der Waals surface area contributed by atoms with E-state index in [9.17, 15) is 4.79 Å². The fraction of sp³-hybridized carbons (Fsp3) is 0.963. The molecule has 0 aromatic carbocycles. The molecule has 5 aliphatic rings. The molecule has 8 nitrogen and oxygen atoms in total. The third-order valence-corrected chi connectivity index (χ3v) is 11.4. The zero-order valence-electron chi connectivity index (χ0n) is 22.7. The zero-order valence-corrected chi connectivity index (χ0v) is 23.5. The highest BCUT2D eigenvalue weighted by Crippen LogP contribution is 2.36. The molecule has 5 rings (SSSR count). The van der Waals surface area contributed by atoms with Crippen LogP contribution in [0.1, 0.15) is 65.2 Å². The third kappa shape index (κ3) is 6.77. The van der Waals surface area contributed by atoms with E-state index in [1.54, 1.807) is 0 Å². The number of carbonyl (C=O) groups excluding carboxylic acids is 1. The first kappa shape index (κ1) is 27.2. The van der Waals surface area contributed by atoms with Crippen molar-refractivity contribution < 1.29 is 4.79 Å².